The molecule has 0 atom stereocenters. The second-order valence-electron chi connectivity index (χ2n) is 5.20. The summed E-state index contributed by atoms with van der Waals surface area (Å²) in [7, 11) is 0. The Labute approximate surface area is 130 Å². The van der Waals surface area contributed by atoms with Crippen LogP contribution in [0.25, 0.3) is 0 Å². The quantitative estimate of drug-likeness (QED) is 0.675. The Morgan fingerprint density at radius 2 is 1.86 bits per heavy atom. The fourth-order valence-electron chi connectivity index (χ4n) is 2.51. The second kappa shape index (κ2) is 7.09. The van der Waals surface area contributed by atoms with Gasteiger partial charge in [-0.1, -0.05) is 35.9 Å². The molecule has 0 spiro atoms. The van der Waals surface area contributed by atoms with Gasteiger partial charge in [-0.05, 0) is 43.5 Å². The van der Waals surface area contributed by atoms with Gasteiger partial charge < -0.3 is 5.11 Å². The summed E-state index contributed by atoms with van der Waals surface area (Å²) in [5.74, 6) is -0.296. The van der Waals surface area contributed by atoms with Crippen LogP contribution in [0, 0.1) is 13.8 Å². The molecule has 0 unspecified atom stereocenters. The summed E-state index contributed by atoms with van der Waals surface area (Å²) in [6.07, 6.45) is 0.450. The van der Waals surface area contributed by atoms with Gasteiger partial charge in [0.1, 0.15) is 5.75 Å². The van der Waals surface area contributed by atoms with Gasteiger partial charge >= 0.3 is 5.97 Å². The van der Waals surface area contributed by atoms with Gasteiger partial charge in [0.15, 0.2) is 0 Å². The van der Waals surface area contributed by atoms with Crippen LogP contribution >= 0.6 is 0 Å². The van der Waals surface area contributed by atoms with E-state index in [4.69, 9.17) is 9.78 Å². The molecule has 2 aromatic rings. The number of rotatable bonds is 5. The predicted octanol–water partition coefficient (Wildman–Crippen LogP) is 3.71. The normalized spacial score (nSPS) is 10.5. The summed E-state index contributed by atoms with van der Waals surface area (Å²) in [5, 5.41) is 9.94. The van der Waals surface area contributed by atoms with Crippen molar-refractivity contribution in [2.24, 2.45) is 0 Å². The average Bonchev–Trinajstić information content (AvgIpc) is 2.46. The Kier molecular flexibility index (Phi) is 5.17. The maximum absolute atomic E-state index is 12.2. The van der Waals surface area contributed by atoms with E-state index >= 15 is 0 Å². The molecule has 0 saturated heterocycles. The van der Waals surface area contributed by atoms with Crippen molar-refractivity contribution in [2.45, 2.75) is 27.2 Å². The van der Waals surface area contributed by atoms with Gasteiger partial charge in [-0.2, -0.15) is 4.89 Å². The molecular weight excluding hydrogens is 280 g/mol. The minimum absolute atomic E-state index is 0.214. The number of aryl methyl sites for hydroxylation is 2. The number of para-hydroxylation sites is 1. The van der Waals surface area contributed by atoms with Gasteiger partial charge in [-0.3, -0.25) is 4.89 Å². The zero-order chi connectivity index (χ0) is 16.1. The Balaban J connectivity index is 2.41. The van der Waals surface area contributed by atoms with Crippen LogP contribution in [0.4, 0.5) is 0 Å². The van der Waals surface area contributed by atoms with E-state index in [1.165, 1.54) is 0 Å². The Morgan fingerprint density at radius 1 is 1.14 bits per heavy atom. The highest BCUT2D eigenvalue weighted by Gasteiger charge is 2.18. The molecule has 22 heavy (non-hydrogen) atoms. The lowest BCUT2D eigenvalue weighted by Gasteiger charge is -2.13. The van der Waals surface area contributed by atoms with E-state index in [-0.39, 0.29) is 5.75 Å². The van der Waals surface area contributed by atoms with Crippen molar-refractivity contribution in [3.63, 3.8) is 0 Å². The summed E-state index contributed by atoms with van der Waals surface area (Å²) in [4.78, 5) is 21.8. The summed E-state index contributed by atoms with van der Waals surface area (Å²) in [5.41, 5.74) is 3.94. The number of carbonyl (C=O) groups is 1. The first-order chi connectivity index (χ1) is 10.5. The fraction of sp³-hybridized carbons (Fsp3) is 0.278. The fourth-order valence-corrected chi connectivity index (χ4v) is 2.51. The lowest BCUT2D eigenvalue weighted by atomic mass is 9.94. The number of phenols is 1. The Morgan fingerprint density at radius 3 is 2.55 bits per heavy atom. The van der Waals surface area contributed by atoms with Gasteiger partial charge in [0.05, 0.1) is 12.2 Å². The predicted molar refractivity (Wildman–Crippen MR) is 83.9 cm³/mol. The first-order valence-electron chi connectivity index (χ1n) is 7.23. The summed E-state index contributed by atoms with van der Waals surface area (Å²) < 4.78 is 0. The van der Waals surface area contributed by atoms with Crippen LogP contribution in [0.3, 0.4) is 0 Å². The lowest BCUT2D eigenvalue weighted by molar-refractivity contribution is -0.237. The molecule has 0 aliphatic rings. The molecule has 0 bridgehead atoms. The standard InChI is InChI=1S/C18H20O4/c1-4-21-22-18(20)17-13(3)9-12(2)10-15(17)11-14-7-5-6-8-16(14)19/h5-10,19H,4,11H2,1-3H3. The van der Waals surface area contributed by atoms with Crippen LogP contribution in [0.1, 0.15) is 39.5 Å². The smallest absolute Gasteiger partial charge is 0.373 e. The van der Waals surface area contributed by atoms with E-state index in [9.17, 15) is 9.90 Å². The molecule has 4 heteroatoms. The Bertz CT molecular complexity index is 677. The van der Waals surface area contributed by atoms with E-state index < -0.39 is 5.97 Å². The van der Waals surface area contributed by atoms with Crippen LogP contribution in [0.5, 0.6) is 5.75 Å². The van der Waals surface area contributed by atoms with Gasteiger partial charge in [-0.15, -0.1) is 0 Å². The molecule has 0 aliphatic carbocycles. The van der Waals surface area contributed by atoms with Crippen molar-refractivity contribution in [3.8, 4) is 5.75 Å². The molecular formula is C18H20O4. The molecule has 2 aromatic carbocycles. The van der Waals surface area contributed by atoms with Crippen LogP contribution in [0.2, 0.25) is 0 Å². The molecule has 0 aliphatic heterocycles. The summed E-state index contributed by atoms with van der Waals surface area (Å²) in [6.45, 7) is 5.88. The third kappa shape index (κ3) is 3.65. The van der Waals surface area contributed by atoms with E-state index in [2.05, 4.69) is 0 Å². The molecule has 0 saturated carbocycles. The third-order valence-electron chi connectivity index (χ3n) is 3.39. The molecule has 0 amide bonds. The molecule has 0 heterocycles. The van der Waals surface area contributed by atoms with Gasteiger partial charge in [0.2, 0.25) is 0 Å². The molecule has 116 valence electrons. The maximum Gasteiger partial charge on any atom is 0.373 e. The number of benzene rings is 2. The highest BCUT2D eigenvalue weighted by molar-refractivity contribution is 5.92. The van der Waals surface area contributed by atoms with Crippen molar-refractivity contribution in [3.05, 3.63) is 64.2 Å². The first kappa shape index (κ1) is 16.0. The third-order valence-corrected chi connectivity index (χ3v) is 3.39. The van der Waals surface area contributed by atoms with Crippen molar-refractivity contribution in [1.82, 2.24) is 0 Å². The molecule has 0 aromatic heterocycles. The number of phenolic OH excluding ortho intramolecular Hbond substituents is 1. The first-order valence-corrected chi connectivity index (χ1v) is 7.23. The van der Waals surface area contributed by atoms with Crippen LogP contribution < -0.4 is 0 Å². The summed E-state index contributed by atoms with van der Waals surface area (Å²) >= 11 is 0. The average molecular weight is 300 g/mol. The molecule has 0 radical (unpaired) electrons. The Hall–Kier alpha value is -2.33. The lowest BCUT2D eigenvalue weighted by Crippen LogP contribution is -2.12. The SMILES string of the molecule is CCOOC(=O)c1c(C)cc(C)cc1Cc1ccccc1O. The van der Waals surface area contributed by atoms with Crippen molar-refractivity contribution < 1.29 is 19.7 Å². The largest absolute Gasteiger partial charge is 0.508 e. The van der Waals surface area contributed by atoms with E-state index in [0.717, 1.165) is 22.3 Å². The highest BCUT2D eigenvalue weighted by atomic mass is 17.2. The van der Waals surface area contributed by atoms with E-state index in [1.54, 1.807) is 19.1 Å². The number of hydrogen-bond acceptors (Lipinski definition) is 4. The van der Waals surface area contributed by atoms with Crippen molar-refractivity contribution in [2.75, 3.05) is 6.61 Å². The molecule has 2 rings (SSSR count). The monoisotopic (exact) mass is 300 g/mol. The highest BCUT2D eigenvalue weighted by Crippen LogP contribution is 2.25. The summed E-state index contributed by atoms with van der Waals surface area (Å²) in [6, 6.07) is 11.0. The number of aromatic hydroxyl groups is 1. The maximum atomic E-state index is 12.2. The van der Waals surface area contributed by atoms with Gasteiger partial charge in [-0.25, -0.2) is 4.79 Å². The molecule has 1 N–H and O–H groups in total. The van der Waals surface area contributed by atoms with Gasteiger partial charge in [0, 0.05) is 6.42 Å². The van der Waals surface area contributed by atoms with E-state index in [0.29, 0.717) is 18.6 Å². The van der Waals surface area contributed by atoms with E-state index in [1.807, 2.05) is 38.1 Å². The number of carbonyl (C=O) groups excluding carboxylic acids is 1. The van der Waals surface area contributed by atoms with Gasteiger partial charge in [0.25, 0.3) is 0 Å². The topological polar surface area (TPSA) is 55.8 Å². The van der Waals surface area contributed by atoms with Crippen molar-refractivity contribution in [1.29, 1.82) is 0 Å². The molecule has 0 fully saturated rings. The van der Waals surface area contributed by atoms with Crippen LogP contribution in [-0.2, 0) is 16.2 Å². The zero-order valence-electron chi connectivity index (χ0n) is 13.1. The van der Waals surface area contributed by atoms with Crippen LogP contribution in [-0.4, -0.2) is 17.7 Å². The number of hydrogen-bond donors (Lipinski definition) is 1. The molecule has 4 nitrogen and oxygen atoms in total. The zero-order valence-corrected chi connectivity index (χ0v) is 13.1. The van der Waals surface area contributed by atoms with Crippen molar-refractivity contribution >= 4 is 5.97 Å². The van der Waals surface area contributed by atoms with Crippen LogP contribution in [0.15, 0.2) is 36.4 Å². The minimum Gasteiger partial charge on any atom is -0.508 e. The second-order valence-corrected chi connectivity index (χ2v) is 5.20. The minimum atomic E-state index is -0.509.